The fourth-order valence-corrected chi connectivity index (χ4v) is 4.74. The molecule has 11 heteroatoms. The topological polar surface area (TPSA) is 130 Å². The van der Waals surface area contributed by atoms with E-state index >= 15 is 0 Å². The first-order valence-corrected chi connectivity index (χ1v) is 12.3. The molecule has 4 rings (SSSR count). The molecule has 190 valence electrons. The molecule has 2 aromatic heterocycles. The van der Waals surface area contributed by atoms with E-state index in [1.807, 2.05) is 20.8 Å². The molecule has 35 heavy (non-hydrogen) atoms. The highest BCUT2D eigenvalue weighted by atomic mass is 35.5. The zero-order valence-corrected chi connectivity index (χ0v) is 21.3. The molecule has 0 radical (unpaired) electrons. The van der Waals surface area contributed by atoms with Crippen molar-refractivity contribution in [3.05, 3.63) is 23.0 Å². The molecular weight excluding hydrogens is 472 g/mol. The lowest BCUT2D eigenvalue weighted by Crippen LogP contribution is -2.43. The Labute approximate surface area is 209 Å². The summed E-state index contributed by atoms with van der Waals surface area (Å²) in [5.41, 5.74) is 2.61. The fraction of sp³-hybridized carbons (Fsp3) is 0.583. The molecule has 1 unspecified atom stereocenters. The number of H-pyrrole nitrogens is 1. The third kappa shape index (κ3) is 6.24. The molecule has 4 N–H and O–H groups in total. The molecule has 1 saturated carbocycles. The molecule has 1 aliphatic heterocycles. The van der Waals surface area contributed by atoms with Gasteiger partial charge in [-0.2, -0.15) is 5.10 Å². The average Bonchev–Trinajstić information content (AvgIpc) is 3.22. The quantitative estimate of drug-likeness (QED) is 0.481. The smallest absolute Gasteiger partial charge is 0.407 e. The lowest BCUT2D eigenvalue weighted by atomic mass is 9.85. The van der Waals surface area contributed by atoms with Gasteiger partial charge >= 0.3 is 6.09 Å². The van der Waals surface area contributed by atoms with Crippen LogP contribution in [0, 0.1) is 5.92 Å². The van der Waals surface area contributed by atoms with Gasteiger partial charge in [-0.3, -0.25) is 9.89 Å². The van der Waals surface area contributed by atoms with Crippen molar-refractivity contribution in [3.8, 4) is 11.3 Å². The fourth-order valence-electron chi connectivity index (χ4n) is 4.54. The largest absolute Gasteiger partial charge is 0.444 e. The summed E-state index contributed by atoms with van der Waals surface area (Å²) >= 11 is 6.45. The number of ether oxygens (including phenoxy) is 2. The maximum atomic E-state index is 13.0. The molecule has 0 bridgehead atoms. The number of hydrogen-bond donors (Lipinski definition) is 4. The molecule has 0 saturated heterocycles. The number of rotatable bonds is 5. The number of nitrogens with zero attached hydrogens (tertiary/aromatic N) is 2. The number of nitrogens with one attached hydrogen (secondary N) is 4. The van der Waals surface area contributed by atoms with Gasteiger partial charge in [0.15, 0.2) is 0 Å². The third-order valence-electron chi connectivity index (χ3n) is 6.24. The minimum Gasteiger partial charge on any atom is -0.444 e. The first kappa shape index (κ1) is 25.2. The molecule has 3 atom stereocenters. The number of alkyl carbamates (subject to hydrolysis) is 1. The highest BCUT2D eigenvalue weighted by molar-refractivity contribution is 6.33. The lowest BCUT2D eigenvalue weighted by molar-refractivity contribution is -0.121. The van der Waals surface area contributed by atoms with Gasteiger partial charge in [-0.15, -0.1) is 0 Å². The minimum absolute atomic E-state index is 0.0719. The minimum atomic E-state index is -0.567. The lowest BCUT2D eigenvalue weighted by Gasteiger charge is -2.30. The standard InChI is InChI=1S/C24H33ClN6O4/c1-24(2,3)35-23(33)28-14-7-5-6-13(8-14)22(32)29-19-10-16(17(25)12-26-19)20-21-18(30-31-20)9-15(34-4)11-27-21/h10,12-15,27H,5-9,11H2,1-4H3,(H,28,33)(H,30,31)(H,26,29,32)/t13-,14+,15?/m0/s1. The van der Waals surface area contributed by atoms with E-state index in [4.69, 9.17) is 21.1 Å². The van der Waals surface area contributed by atoms with Crippen molar-refractivity contribution in [1.82, 2.24) is 20.5 Å². The van der Waals surface area contributed by atoms with Crippen molar-refractivity contribution < 1.29 is 19.1 Å². The molecule has 2 aliphatic rings. The predicted molar refractivity (Wildman–Crippen MR) is 134 cm³/mol. The van der Waals surface area contributed by atoms with Crippen molar-refractivity contribution in [3.63, 3.8) is 0 Å². The second-order valence-electron chi connectivity index (χ2n) is 10.1. The molecule has 10 nitrogen and oxygen atoms in total. The van der Waals surface area contributed by atoms with E-state index in [0.29, 0.717) is 35.1 Å². The van der Waals surface area contributed by atoms with Crippen molar-refractivity contribution in [2.75, 3.05) is 24.3 Å². The Morgan fingerprint density at radius 1 is 1.26 bits per heavy atom. The van der Waals surface area contributed by atoms with E-state index in [0.717, 1.165) is 37.1 Å². The molecule has 1 fully saturated rings. The van der Waals surface area contributed by atoms with Crippen LogP contribution in [0.15, 0.2) is 12.3 Å². The van der Waals surface area contributed by atoms with Gasteiger partial charge in [0.05, 0.1) is 22.5 Å². The third-order valence-corrected chi connectivity index (χ3v) is 6.54. The Morgan fingerprint density at radius 3 is 2.80 bits per heavy atom. The summed E-state index contributed by atoms with van der Waals surface area (Å²) in [4.78, 5) is 29.5. The number of aromatic nitrogens is 3. The molecule has 2 aromatic rings. The van der Waals surface area contributed by atoms with Crippen LogP contribution in [0.2, 0.25) is 5.02 Å². The number of anilines is 2. The monoisotopic (exact) mass is 504 g/mol. The SMILES string of the molecule is COC1CNc2c(-c3cc(NC(=O)[C@H]4CCC[C@@H](NC(=O)OC(C)(C)C)C4)ncc3Cl)n[nH]c2C1. The van der Waals surface area contributed by atoms with Crippen molar-refractivity contribution in [2.24, 2.45) is 5.92 Å². The van der Waals surface area contributed by atoms with Gasteiger partial charge in [0.2, 0.25) is 5.91 Å². The highest BCUT2D eigenvalue weighted by Crippen LogP contribution is 2.37. The average molecular weight is 505 g/mol. The van der Waals surface area contributed by atoms with Crippen molar-refractivity contribution in [2.45, 2.75) is 70.6 Å². The number of pyridine rings is 1. The molecule has 0 aromatic carbocycles. The number of amides is 2. The summed E-state index contributed by atoms with van der Waals surface area (Å²) in [7, 11) is 1.69. The Balaban J connectivity index is 1.42. The van der Waals surface area contributed by atoms with Crippen LogP contribution in [-0.4, -0.2) is 58.6 Å². The van der Waals surface area contributed by atoms with Crippen LogP contribution in [0.3, 0.4) is 0 Å². The first-order valence-electron chi connectivity index (χ1n) is 11.9. The summed E-state index contributed by atoms with van der Waals surface area (Å²) in [6.07, 6.45) is 4.79. The molecule has 3 heterocycles. The van der Waals surface area contributed by atoms with Crippen LogP contribution in [0.4, 0.5) is 16.3 Å². The number of hydrogen-bond acceptors (Lipinski definition) is 7. The Kier molecular flexibility index (Phi) is 7.51. The first-order chi connectivity index (χ1) is 16.6. The number of halogens is 1. The van der Waals surface area contributed by atoms with E-state index < -0.39 is 11.7 Å². The van der Waals surface area contributed by atoms with Crippen LogP contribution in [0.1, 0.15) is 52.1 Å². The summed E-state index contributed by atoms with van der Waals surface area (Å²) in [5.74, 6) is 0.0286. The van der Waals surface area contributed by atoms with E-state index in [1.165, 1.54) is 6.20 Å². The zero-order valence-electron chi connectivity index (χ0n) is 20.5. The van der Waals surface area contributed by atoms with Gasteiger partial charge in [0.1, 0.15) is 17.1 Å². The van der Waals surface area contributed by atoms with Crippen LogP contribution < -0.4 is 16.0 Å². The Morgan fingerprint density at radius 2 is 2.06 bits per heavy atom. The number of aromatic amines is 1. The van der Waals surface area contributed by atoms with E-state index in [9.17, 15) is 9.59 Å². The molecule has 0 spiro atoms. The van der Waals surface area contributed by atoms with Crippen molar-refractivity contribution in [1.29, 1.82) is 0 Å². The zero-order chi connectivity index (χ0) is 25.2. The van der Waals surface area contributed by atoms with Gasteiger partial charge in [-0.05, 0) is 46.1 Å². The van der Waals surface area contributed by atoms with E-state index in [1.54, 1.807) is 13.2 Å². The van der Waals surface area contributed by atoms with Gasteiger partial charge < -0.3 is 25.4 Å². The molecule has 2 amide bonds. The van der Waals surface area contributed by atoms with Crippen LogP contribution >= 0.6 is 11.6 Å². The van der Waals surface area contributed by atoms with E-state index in [2.05, 4.69) is 31.1 Å². The summed E-state index contributed by atoms with van der Waals surface area (Å²) in [6, 6.07) is 1.63. The summed E-state index contributed by atoms with van der Waals surface area (Å²) in [6.45, 7) is 6.13. The Bertz CT molecular complexity index is 1080. The summed E-state index contributed by atoms with van der Waals surface area (Å²) < 4.78 is 10.8. The number of fused-ring (bicyclic) bond motifs is 1. The molecular formula is C24H33ClN6O4. The van der Waals surface area contributed by atoms with Crippen molar-refractivity contribution >= 4 is 35.1 Å². The van der Waals surface area contributed by atoms with Crippen LogP contribution in [0.5, 0.6) is 0 Å². The number of methoxy groups -OCH3 is 1. The second-order valence-corrected chi connectivity index (χ2v) is 10.5. The number of carbonyl (C=O) groups excluding carboxylic acids is 2. The van der Waals surface area contributed by atoms with Crippen LogP contribution in [-0.2, 0) is 20.7 Å². The Hall–Kier alpha value is -2.85. The predicted octanol–water partition coefficient (Wildman–Crippen LogP) is 4.13. The van der Waals surface area contributed by atoms with Gasteiger partial charge in [0.25, 0.3) is 0 Å². The van der Waals surface area contributed by atoms with Gasteiger partial charge in [0, 0.05) is 43.8 Å². The number of carbonyl (C=O) groups is 2. The highest BCUT2D eigenvalue weighted by Gasteiger charge is 2.30. The second kappa shape index (κ2) is 10.4. The van der Waals surface area contributed by atoms with Gasteiger partial charge in [-0.1, -0.05) is 18.0 Å². The van der Waals surface area contributed by atoms with E-state index in [-0.39, 0.29) is 24.0 Å². The maximum absolute atomic E-state index is 13.0. The molecule has 1 aliphatic carbocycles. The summed E-state index contributed by atoms with van der Waals surface area (Å²) in [5, 5.41) is 17.1. The van der Waals surface area contributed by atoms with Gasteiger partial charge in [-0.25, -0.2) is 9.78 Å². The normalized spacial score (nSPS) is 22.0. The van der Waals surface area contributed by atoms with Crippen LogP contribution in [0.25, 0.3) is 11.3 Å². The maximum Gasteiger partial charge on any atom is 0.407 e.